The molecule has 3 nitrogen and oxygen atoms in total. The van der Waals surface area contributed by atoms with Gasteiger partial charge in [-0.3, -0.25) is 0 Å². The lowest BCUT2D eigenvalue weighted by Crippen LogP contribution is -2.36. The molecule has 0 amide bonds. The summed E-state index contributed by atoms with van der Waals surface area (Å²) < 4.78 is 13.5. The molecule has 0 unspecified atom stereocenters. The maximum atomic E-state index is 13.5. The second-order valence-electron chi connectivity index (χ2n) is 5.87. The van der Waals surface area contributed by atoms with E-state index in [4.69, 9.17) is 6.42 Å². The van der Waals surface area contributed by atoms with E-state index in [-0.39, 0.29) is 11.4 Å². The third kappa shape index (κ3) is 5.18. The van der Waals surface area contributed by atoms with Crippen LogP contribution < -0.4 is 10.2 Å². The molecule has 0 fully saturated rings. The number of hydrogen-bond acceptors (Lipinski definition) is 3. The van der Waals surface area contributed by atoms with E-state index in [2.05, 4.69) is 43.9 Å². The molecule has 0 aliphatic rings. The first-order valence-corrected chi connectivity index (χ1v) is 6.95. The summed E-state index contributed by atoms with van der Waals surface area (Å²) in [5, 5.41) is 3.36. The van der Waals surface area contributed by atoms with Gasteiger partial charge in [-0.1, -0.05) is 12.8 Å². The van der Waals surface area contributed by atoms with Crippen molar-refractivity contribution in [3.63, 3.8) is 0 Å². The normalized spacial score (nSPS) is 11.2. The zero-order valence-electron chi connectivity index (χ0n) is 12.8. The van der Waals surface area contributed by atoms with E-state index in [0.717, 1.165) is 24.3 Å². The summed E-state index contributed by atoms with van der Waals surface area (Å²) >= 11 is 0. The molecule has 0 bridgehead atoms. The van der Waals surface area contributed by atoms with Gasteiger partial charge in [0.25, 0.3) is 0 Å². The molecule has 1 N–H and O–H groups in total. The molecule has 0 aromatic carbocycles. The Hall–Kier alpha value is -1.60. The molecule has 110 valence electrons. The Morgan fingerprint density at radius 3 is 2.70 bits per heavy atom. The predicted molar refractivity (Wildman–Crippen MR) is 82.1 cm³/mol. The van der Waals surface area contributed by atoms with Crippen molar-refractivity contribution in [2.45, 2.75) is 46.2 Å². The van der Waals surface area contributed by atoms with Crippen LogP contribution in [0.1, 0.15) is 39.7 Å². The largest absolute Gasteiger partial charge is 0.345 e. The van der Waals surface area contributed by atoms with Crippen molar-refractivity contribution in [3.05, 3.63) is 23.6 Å². The molecule has 0 aliphatic heterocycles. The summed E-state index contributed by atoms with van der Waals surface area (Å²) in [5.74, 6) is 3.08. The average molecular weight is 277 g/mol. The van der Waals surface area contributed by atoms with Gasteiger partial charge in [0.2, 0.25) is 0 Å². The lowest BCUT2D eigenvalue weighted by molar-refractivity contribution is 0.423. The van der Waals surface area contributed by atoms with Gasteiger partial charge >= 0.3 is 0 Å². The van der Waals surface area contributed by atoms with Crippen LogP contribution in [0.3, 0.4) is 0 Å². The summed E-state index contributed by atoms with van der Waals surface area (Å²) in [6.07, 6.45) is 7.62. The summed E-state index contributed by atoms with van der Waals surface area (Å²) in [5.41, 5.74) is 0.800. The van der Waals surface area contributed by atoms with E-state index in [1.807, 2.05) is 4.90 Å². The second kappa shape index (κ2) is 7.25. The third-order valence-electron chi connectivity index (χ3n) is 2.79. The smallest absolute Gasteiger partial charge is 0.141 e. The Morgan fingerprint density at radius 2 is 2.15 bits per heavy atom. The lowest BCUT2D eigenvalue weighted by atomic mass is 10.1. The highest BCUT2D eigenvalue weighted by Gasteiger charge is 2.15. The molecule has 0 radical (unpaired) electrons. The predicted octanol–water partition coefficient (Wildman–Crippen LogP) is 2.96. The number of nitrogens with zero attached hydrogens (tertiary/aromatic N) is 2. The van der Waals surface area contributed by atoms with Crippen molar-refractivity contribution >= 4 is 5.82 Å². The van der Waals surface area contributed by atoms with Crippen LogP contribution in [-0.2, 0) is 6.54 Å². The van der Waals surface area contributed by atoms with Crippen molar-refractivity contribution in [2.24, 2.45) is 0 Å². The summed E-state index contributed by atoms with van der Waals surface area (Å²) in [4.78, 5) is 6.24. The SMILES string of the molecule is C#CCN(CCC)c1ncc(F)cc1CNC(C)(C)C. The first-order chi connectivity index (χ1) is 9.37. The molecule has 1 heterocycles. The van der Waals surface area contributed by atoms with E-state index >= 15 is 0 Å². The third-order valence-corrected chi connectivity index (χ3v) is 2.79. The minimum Gasteiger partial charge on any atom is -0.345 e. The van der Waals surface area contributed by atoms with Crippen LogP contribution in [0.15, 0.2) is 12.3 Å². The summed E-state index contributed by atoms with van der Waals surface area (Å²) in [6, 6.07) is 1.53. The van der Waals surface area contributed by atoms with Crippen LogP contribution in [-0.4, -0.2) is 23.6 Å². The molecule has 0 aliphatic carbocycles. The Kier molecular flexibility index (Phi) is 5.97. The second-order valence-corrected chi connectivity index (χ2v) is 5.87. The first-order valence-electron chi connectivity index (χ1n) is 6.95. The molecule has 4 heteroatoms. The van der Waals surface area contributed by atoms with Crippen molar-refractivity contribution in [1.82, 2.24) is 10.3 Å². The zero-order valence-corrected chi connectivity index (χ0v) is 12.8. The van der Waals surface area contributed by atoms with E-state index in [1.165, 1.54) is 12.3 Å². The topological polar surface area (TPSA) is 28.2 Å². The van der Waals surface area contributed by atoms with Gasteiger partial charge in [0.1, 0.15) is 11.6 Å². The molecule has 1 aromatic rings. The molecule has 0 saturated heterocycles. The summed E-state index contributed by atoms with van der Waals surface area (Å²) in [6.45, 7) is 10.2. The van der Waals surface area contributed by atoms with Crippen LogP contribution in [0.5, 0.6) is 0 Å². The molecule has 1 aromatic heterocycles. The Labute approximate surface area is 121 Å². The quantitative estimate of drug-likeness (QED) is 0.810. The number of terminal acetylenes is 1. The lowest BCUT2D eigenvalue weighted by Gasteiger charge is -2.26. The number of halogens is 1. The molecular weight excluding hydrogens is 253 g/mol. The summed E-state index contributed by atoms with van der Waals surface area (Å²) in [7, 11) is 0. The molecular formula is C16H24FN3. The fourth-order valence-corrected chi connectivity index (χ4v) is 1.89. The van der Waals surface area contributed by atoms with Crippen molar-refractivity contribution < 1.29 is 4.39 Å². The standard InChI is InChI=1S/C16H24FN3/c1-6-8-20(9-7-2)15-13(10-14(17)12-18-15)11-19-16(3,4)5/h1,10,12,19H,7-9,11H2,2-5H3. The van der Waals surface area contributed by atoms with Gasteiger partial charge < -0.3 is 10.2 Å². The minimum atomic E-state index is -0.323. The van der Waals surface area contributed by atoms with Gasteiger partial charge in [-0.15, -0.1) is 6.42 Å². The van der Waals surface area contributed by atoms with Crippen LogP contribution >= 0.6 is 0 Å². The van der Waals surface area contributed by atoms with Gasteiger partial charge in [0, 0.05) is 24.2 Å². The van der Waals surface area contributed by atoms with Crippen LogP contribution in [0.4, 0.5) is 10.2 Å². The fourth-order valence-electron chi connectivity index (χ4n) is 1.89. The molecule has 0 saturated carbocycles. The van der Waals surface area contributed by atoms with Gasteiger partial charge in [0.15, 0.2) is 0 Å². The number of anilines is 1. The maximum absolute atomic E-state index is 13.5. The zero-order chi connectivity index (χ0) is 15.2. The van der Waals surface area contributed by atoms with E-state index < -0.39 is 0 Å². The van der Waals surface area contributed by atoms with Crippen molar-refractivity contribution in [2.75, 3.05) is 18.0 Å². The highest BCUT2D eigenvalue weighted by Crippen LogP contribution is 2.19. The molecule has 0 spiro atoms. The Morgan fingerprint density at radius 1 is 1.45 bits per heavy atom. The van der Waals surface area contributed by atoms with Gasteiger partial charge in [-0.25, -0.2) is 9.37 Å². The van der Waals surface area contributed by atoms with E-state index in [0.29, 0.717) is 13.1 Å². The number of hydrogen-bond donors (Lipinski definition) is 1. The van der Waals surface area contributed by atoms with Crippen LogP contribution in [0.2, 0.25) is 0 Å². The van der Waals surface area contributed by atoms with Gasteiger partial charge in [0.05, 0.1) is 12.7 Å². The van der Waals surface area contributed by atoms with Gasteiger partial charge in [-0.2, -0.15) is 0 Å². The van der Waals surface area contributed by atoms with E-state index in [1.54, 1.807) is 0 Å². The number of aromatic nitrogens is 1. The van der Waals surface area contributed by atoms with E-state index in [9.17, 15) is 4.39 Å². The molecule has 1 rings (SSSR count). The number of rotatable bonds is 6. The monoisotopic (exact) mass is 277 g/mol. The van der Waals surface area contributed by atoms with Crippen molar-refractivity contribution in [1.29, 1.82) is 0 Å². The highest BCUT2D eigenvalue weighted by molar-refractivity contribution is 5.48. The molecule has 20 heavy (non-hydrogen) atoms. The van der Waals surface area contributed by atoms with Crippen molar-refractivity contribution in [3.8, 4) is 12.3 Å². The first kappa shape index (κ1) is 16.5. The average Bonchev–Trinajstić information content (AvgIpc) is 2.35. The van der Waals surface area contributed by atoms with Crippen LogP contribution in [0.25, 0.3) is 0 Å². The highest BCUT2D eigenvalue weighted by atomic mass is 19.1. The number of nitrogens with one attached hydrogen (secondary N) is 1. The Balaban J connectivity index is 3.02. The van der Waals surface area contributed by atoms with Crippen LogP contribution in [0, 0.1) is 18.2 Å². The van der Waals surface area contributed by atoms with Gasteiger partial charge in [-0.05, 0) is 33.3 Å². The minimum absolute atomic E-state index is 0.0364. The number of pyridine rings is 1. The maximum Gasteiger partial charge on any atom is 0.141 e. The molecule has 0 atom stereocenters. The fraction of sp³-hybridized carbons (Fsp3) is 0.562. The Bertz CT molecular complexity index is 472.